The van der Waals surface area contributed by atoms with E-state index in [2.05, 4.69) is 6.58 Å². The molecule has 0 radical (unpaired) electrons. The van der Waals surface area contributed by atoms with Gasteiger partial charge in [-0.05, 0) is 31.6 Å². The molecule has 0 atom stereocenters. The van der Waals surface area contributed by atoms with Gasteiger partial charge in [0, 0.05) is 12.8 Å². The van der Waals surface area contributed by atoms with Crippen LogP contribution in [0.25, 0.3) is 0 Å². The molecule has 1 rings (SSSR count). The van der Waals surface area contributed by atoms with Gasteiger partial charge >= 0.3 is 0 Å². The maximum absolute atomic E-state index is 11.6. The van der Waals surface area contributed by atoms with Gasteiger partial charge in [0.25, 0.3) is 0 Å². The zero-order chi connectivity index (χ0) is 11.6. The Morgan fingerprint density at radius 3 is 2.56 bits per heavy atom. The van der Waals surface area contributed by atoms with Gasteiger partial charge in [-0.15, -0.1) is 6.58 Å². The van der Waals surface area contributed by atoms with E-state index < -0.39 is 0 Å². The lowest BCUT2D eigenvalue weighted by Crippen LogP contribution is -2.02. The van der Waals surface area contributed by atoms with Crippen LogP contribution in [0.5, 0.6) is 0 Å². The molecular weight excluding hydrogens is 196 g/mol. The zero-order valence-corrected chi connectivity index (χ0v) is 10.5. The summed E-state index contributed by atoms with van der Waals surface area (Å²) in [6.07, 6.45) is 14.8. The van der Waals surface area contributed by atoms with Crippen molar-refractivity contribution >= 4 is 5.78 Å². The molecule has 1 aliphatic carbocycles. The molecule has 0 spiro atoms. The van der Waals surface area contributed by atoms with Crippen molar-refractivity contribution in [2.24, 2.45) is 5.92 Å². The molecule has 1 aliphatic rings. The van der Waals surface area contributed by atoms with Crippen molar-refractivity contribution in [3.05, 3.63) is 12.7 Å². The maximum atomic E-state index is 11.6. The van der Waals surface area contributed by atoms with Crippen molar-refractivity contribution in [3.63, 3.8) is 0 Å². The first-order valence-electron chi connectivity index (χ1n) is 6.95. The topological polar surface area (TPSA) is 17.1 Å². The van der Waals surface area contributed by atoms with Crippen molar-refractivity contribution in [2.75, 3.05) is 0 Å². The lowest BCUT2D eigenvalue weighted by molar-refractivity contribution is -0.119. The molecule has 0 bridgehead atoms. The summed E-state index contributed by atoms with van der Waals surface area (Å²) < 4.78 is 0. The average Bonchev–Trinajstić information content (AvgIpc) is 2.79. The predicted octanol–water partition coefficient (Wildman–Crippen LogP) is 4.66. The lowest BCUT2D eigenvalue weighted by atomic mass is 9.98. The van der Waals surface area contributed by atoms with E-state index in [-0.39, 0.29) is 0 Å². The van der Waals surface area contributed by atoms with E-state index in [9.17, 15) is 4.79 Å². The van der Waals surface area contributed by atoms with E-state index in [1.165, 1.54) is 38.5 Å². The minimum Gasteiger partial charge on any atom is -0.300 e. The van der Waals surface area contributed by atoms with E-state index in [1.807, 2.05) is 6.08 Å². The van der Waals surface area contributed by atoms with E-state index >= 15 is 0 Å². The first-order valence-corrected chi connectivity index (χ1v) is 6.95. The summed E-state index contributed by atoms with van der Waals surface area (Å²) in [5, 5.41) is 0. The molecule has 0 aromatic carbocycles. The van der Waals surface area contributed by atoms with Gasteiger partial charge in [0.2, 0.25) is 0 Å². The molecule has 1 heteroatoms. The van der Waals surface area contributed by atoms with Gasteiger partial charge in [-0.1, -0.05) is 38.2 Å². The minimum absolute atomic E-state index is 0.491. The molecule has 0 N–H and O–H groups in total. The Morgan fingerprint density at radius 2 is 1.88 bits per heavy atom. The molecule has 1 fully saturated rings. The molecule has 16 heavy (non-hydrogen) atoms. The SMILES string of the molecule is C=CCCCCCC(=O)CCC1CCCC1. The molecule has 1 nitrogen and oxygen atoms in total. The average molecular weight is 222 g/mol. The summed E-state index contributed by atoms with van der Waals surface area (Å²) in [4.78, 5) is 11.6. The van der Waals surface area contributed by atoms with Gasteiger partial charge in [-0.2, -0.15) is 0 Å². The van der Waals surface area contributed by atoms with Crippen molar-refractivity contribution in [2.45, 2.75) is 70.6 Å². The summed E-state index contributed by atoms with van der Waals surface area (Å²) in [5.41, 5.74) is 0. The summed E-state index contributed by atoms with van der Waals surface area (Å²) in [5.74, 6) is 1.36. The number of unbranched alkanes of at least 4 members (excludes halogenated alkanes) is 3. The van der Waals surface area contributed by atoms with Crippen LogP contribution in [0.2, 0.25) is 0 Å². The monoisotopic (exact) mass is 222 g/mol. The Hall–Kier alpha value is -0.590. The molecule has 0 saturated heterocycles. The van der Waals surface area contributed by atoms with Crippen LogP contribution in [0.1, 0.15) is 70.6 Å². The summed E-state index contributed by atoms with van der Waals surface area (Å²) in [7, 11) is 0. The lowest BCUT2D eigenvalue weighted by Gasteiger charge is -2.07. The fourth-order valence-corrected chi connectivity index (χ4v) is 2.58. The van der Waals surface area contributed by atoms with Crippen LogP contribution in [0.3, 0.4) is 0 Å². The molecule has 0 amide bonds. The van der Waals surface area contributed by atoms with Crippen LogP contribution in [-0.2, 0) is 4.79 Å². The second-order valence-electron chi connectivity index (χ2n) is 5.12. The first-order chi connectivity index (χ1) is 7.83. The standard InChI is InChI=1S/C15H26O/c1-2-3-4-5-6-11-15(16)13-12-14-9-7-8-10-14/h2,14H,1,3-13H2. The quantitative estimate of drug-likeness (QED) is 0.409. The Labute approximate surface area is 100 Å². The van der Waals surface area contributed by atoms with Crippen molar-refractivity contribution in [3.8, 4) is 0 Å². The predicted molar refractivity (Wildman–Crippen MR) is 69.5 cm³/mol. The molecule has 1 saturated carbocycles. The molecule has 92 valence electrons. The number of ketones is 1. The molecular formula is C15H26O. The number of allylic oxidation sites excluding steroid dienone is 1. The van der Waals surface area contributed by atoms with E-state index in [0.717, 1.165) is 38.0 Å². The minimum atomic E-state index is 0.491. The molecule has 0 unspecified atom stereocenters. The third-order valence-corrected chi connectivity index (χ3v) is 3.67. The Morgan fingerprint density at radius 1 is 1.12 bits per heavy atom. The zero-order valence-electron chi connectivity index (χ0n) is 10.5. The highest BCUT2D eigenvalue weighted by molar-refractivity contribution is 5.78. The summed E-state index contributed by atoms with van der Waals surface area (Å²) in [6.45, 7) is 3.70. The van der Waals surface area contributed by atoms with Gasteiger partial charge in [0.1, 0.15) is 5.78 Å². The van der Waals surface area contributed by atoms with Crippen LogP contribution >= 0.6 is 0 Å². The van der Waals surface area contributed by atoms with Crippen molar-refractivity contribution in [1.29, 1.82) is 0 Å². The summed E-state index contributed by atoms with van der Waals surface area (Å²) in [6, 6.07) is 0. The number of rotatable bonds is 9. The first kappa shape index (κ1) is 13.5. The normalized spacial score (nSPS) is 16.5. The number of Topliss-reactive ketones (excluding diaryl/α,β-unsaturated/α-hetero) is 1. The highest BCUT2D eigenvalue weighted by Gasteiger charge is 2.15. The molecule has 0 aromatic rings. The number of hydrogen-bond donors (Lipinski definition) is 0. The second kappa shape index (κ2) is 8.55. The van der Waals surface area contributed by atoms with Crippen LogP contribution in [-0.4, -0.2) is 5.78 Å². The third kappa shape index (κ3) is 6.09. The molecule has 0 aromatic heterocycles. The van der Waals surface area contributed by atoms with E-state index in [4.69, 9.17) is 0 Å². The number of carbonyl (C=O) groups excluding carboxylic acids is 1. The van der Waals surface area contributed by atoms with Crippen molar-refractivity contribution < 1.29 is 4.79 Å². The van der Waals surface area contributed by atoms with Gasteiger partial charge in [0.15, 0.2) is 0 Å². The molecule has 0 aliphatic heterocycles. The van der Waals surface area contributed by atoms with E-state index in [1.54, 1.807) is 0 Å². The van der Waals surface area contributed by atoms with Crippen LogP contribution < -0.4 is 0 Å². The smallest absolute Gasteiger partial charge is 0.132 e. The van der Waals surface area contributed by atoms with Crippen molar-refractivity contribution in [1.82, 2.24) is 0 Å². The second-order valence-corrected chi connectivity index (χ2v) is 5.12. The maximum Gasteiger partial charge on any atom is 0.132 e. The van der Waals surface area contributed by atoms with Crippen LogP contribution in [0.4, 0.5) is 0 Å². The molecule has 0 heterocycles. The third-order valence-electron chi connectivity index (χ3n) is 3.67. The van der Waals surface area contributed by atoms with Gasteiger partial charge in [-0.3, -0.25) is 4.79 Å². The fraction of sp³-hybridized carbons (Fsp3) is 0.800. The highest BCUT2D eigenvalue weighted by atomic mass is 16.1. The number of hydrogen-bond acceptors (Lipinski definition) is 1. The Kier molecular flexibility index (Phi) is 7.20. The Bertz CT molecular complexity index is 201. The summed E-state index contributed by atoms with van der Waals surface area (Å²) >= 11 is 0. The Balaban J connectivity index is 1.91. The van der Waals surface area contributed by atoms with Gasteiger partial charge in [-0.25, -0.2) is 0 Å². The van der Waals surface area contributed by atoms with Crippen LogP contribution in [0.15, 0.2) is 12.7 Å². The fourth-order valence-electron chi connectivity index (χ4n) is 2.58. The van der Waals surface area contributed by atoms with Gasteiger partial charge in [0.05, 0.1) is 0 Å². The highest BCUT2D eigenvalue weighted by Crippen LogP contribution is 2.28. The largest absolute Gasteiger partial charge is 0.300 e. The van der Waals surface area contributed by atoms with Gasteiger partial charge < -0.3 is 0 Å². The van der Waals surface area contributed by atoms with E-state index in [0.29, 0.717) is 5.78 Å². The van der Waals surface area contributed by atoms with Crippen LogP contribution in [0, 0.1) is 5.92 Å². The number of carbonyl (C=O) groups is 1.